The van der Waals surface area contributed by atoms with E-state index < -0.39 is 10.0 Å². The molecule has 0 fully saturated rings. The minimum atomic E-state index is -3.80. The van der Waals surface area contributed by atoms with Gasteiger partial charge in [-0.1, -0.05) is 23.8 Å². The van der Waals surface area contributed by atoms with Crippen molar-refractivity contribution in [1.82, 2.24) is 0 Å². The van der Waals surface area contributed by atoms with Gasteiger partial charge in [-0.15, -0.1) is 0 Å². The monoisotopic (exact) mass is 360 g/mol. The van der Waals surface area contributed by atoms with Crippen molar-refractivity contribution in [2.24, 2.45) is 0 Å². The van der Waals surface area contributed by atoms with Crippen molar-refractivity contribution in [2.45, 2.75) is 25.2 Å². The third kappa shape index (κ3) is 3.19. The van der Waals surface area contributed by atoms with Gasteiger partial charge in [-0.2, -0.15) is 0 Å². The number of hydrogen-bond donors (Lipinski definition) is 1. The normalized spacial score (nSPS) is 13.5. The minimum absolute atomic E-state index is 0.136. The molecule has 0 saturated heterocycles. The van der Waals surface area contributed by atoms with Crippen molar-refractivity contribution in [3.8, 4) is 5.75 Å². The summed E-state index contributed by atoms with van der Waals surface area (Å²) in [4.78, 5) is 13.7. The van der Waals surface area contributed by atoms with E-state index in [1.165, 1.54) is 14.0 Å². The number of carbonyl (C=O) groups excluding carboxylic acids is 1. The van der Waals surface area contributed by atoms with E-state index >= 15 is 0 Å². The molecule has 1 aliphatic rings. The number of aryl methyl sites for hydroxylation is 1. The molecule has 25 heavy (non-hydrogen) atoms. The predicted molar refractivity (Wildman–Crippen MR) is 96.7 cm³/mol. The lowest BCUT2D eigenvalue weighted by molar-refractivity contribution is -0.116. The Bertz CT molecular complexity index is 921. The van der Waals surface area contributed by atoms with Gasteiger partial charge in [0.15, 0.2) is 0 Å². The zero-order chi connectivity index (χ0) is 18.2. The Balaban J connectivity index is 2.09. The van der Waals surface area contributed by atoms with Crippen LogP contribution in [-0.4, -0.2) is 28.0 Å². The molecule has 1 aliphatic heterocycles. The summed E-state index contributed by atoms with van der Waals surface area (Å²) in [5.41, 5.74) is 2.76. The first kappa shape index (κ1) is 17.3. The van der Waals surface area contributed by atoms with Gasteiger partial charge in [0, 0.05) is 13.5 Å². The van der Waals surface area contributed by atoms with Crippen molar-refractivity contribution in [2.75, 3.05) is 23.3 Å². The minimum Gasteiger partial charge on any atom is -0.494 e. The van der Waals surface area contributed by atoms with Gasteiger partial charge < -0.3 is 9.64 Å². The summed E-state index contributed by atoms with van der Waals surface area (Å²) in [6.07, 6.45) is 0.679. The maximum atomic E-state index is 12.8. The third-order valence-corrected chi connectivity index (χ3v) is 5.63. The van der Waals surface area contributed by atoms with E-state index in [1.54, 1.807) is 35.2 Å². The van der Waals surface area contributed by atoms with Gasteiger partial charge in [-0.05, 0) is 37.1 Å². The average Bonchev–Trinajstić information content (AvgIpc) is 3.00. The zero-order valence-corrected chi connectivity index (χ0v) is 15.2. The molecule has 1 amide bonds. The first-order valence-corrected chi connectivity index (χ1v) is 9.39. The second kappa shape index (κ2) is 6.40. The van der Waals surface area contributed by atoms with E-state index in [1.807, 2.05) is 13.0 Å². The SMILES string of the molecule is COc1ccc2c(c1NS(=O)(=O)c1ccc(C)cc1)N(C(C)=O)CC2. The van der Waals surface area contributed by atoms with Gasteiger partial charge in [0.1, 0.15) is 11.4 Å². The van der Waals surface area contributed by atoms with Crippen molar-refractivity contribution in [3.63, 3.8) is 0 Å². The maximum Gasteiger partial charge on any atom is 0.262 e. The smallest absolute Gasteiger partial charge is 0.262 e. The topological polar surface area (TPSA) is 75.7 Å². The van der Waals surface area contributed by atoms with Crippen molar-refractivity contribution in [3.05, 3.63) is 47.5 Å². The average molecular weight is 360 g/mol. The first-order valence-electron chi connectivity index (χ1n) is 7.91. The van der Waals surface area contributed by atoms with Gasteiger partial charge in [0.05, 0.1) is 17.7 Å². The van der Waals surface area contributed by atoms with Gasteiger partial charge in [-0.3, -0.25) is 9.52 Å². The first-order chi connectivity index (χ1) is 11.8. The van der Waals surface area contributed by atoms with Crippen molar-refractivity contribution < 1.29 is 17.9 Å². The molecule has 0 bridgehead atoms. The largest absolute Gasteiger partial charge is 0.494 e. The number of amides is 1. The number of benzene rings is 2. The summed E-state index contributed by atoms with van der Waals surface area (Å²) in [6, 6.07) is 10.2. The Morgan fingerprint density at radius 3 is 2.44 bits per heavy atom. The van der Waals surface area contributed by atoms with E-state index in [0.29, 0.717) is 30.1 Å². The van der Waals surface area contributed by atoms with Crippen LogP contribution in [0.1, 0.15) is 18.1 Å². The number of carbonyl (C=O) groups is 1. The van der Waals surface area contributed by atoms with Crippen molar-refractivity contribution >= 4 is 27.3 Å². The number of fused-ring (bicyclic) bond motifs is 1. The highest BCUT2D eigenvalue weighted by Gasteiger charge is 2.30. The standard InChI is InChI=1S/C18H20N2O4S/c1-12-4-7-15(8-5-12)25(22,23)19-17-16(24-3)9-6-14-10-11-20(13(2)21)18(14)17/h4-9,19H,10-11H2,1-3H3. The number of anilines is 2. The number of nitrogens with zero attached hydrogens (tertiary/aromatic N) is 1. The van der Waals surface area contributed by atoms with Crippen molar-refractivity contribution in [1.29, 1.82) is 0 Å². The molecule has 7 heteroatoms. The molecular weight excluding hydrogens is 340 g/mol. The van der Waals surface area contributed by atoms with Crippen LogP contribution in [0.25, 0.3) is 0 Å². The van der Waals surface area contributed by atoms with Gasteiger partial charge in [0.2, 0.25) is 5.91 Å². The van der Waals surface area contributed by atoms with E-state index in [4.69, 9.17) is 4.74 Å². The van der Waals surface area contributed by atoms with Crippen LogP contribution in [0.2, 0.25) is 0 Å². The van der Waals surface area contributed by atoms with Gasteiger partial charge in [-0.25, -0.2) is 8.42 Å². The number of ether oxygens (including phenoxy) is 1. The van der Waals surface area contributed by atoms with Crippen LogP contribution in [0.4, 0.5) is 11.4 Å². The molecule has 0 aromatic heterocycles. The summed E-state index contributed by atoms with van der Waals surface area (Å²) >= 11 is 0. The Morgan fingerprint density at radius 1 is 1.16 bits per heavy atom. The molecule has 2 aromatic carbocycles. The van der Waals surface area contributed by atoms with Gasteiger partial charge in [0.25, 0.3) is 10.0 Å². The Kier molecular flexibility index (Phi) is 4.43. The number of hydrogen-bond acceptors (Lipinski definition) is 4. The lowest BCUT2D eigenvalue weighted by atomic mass is 10.1. The zero-order valence-electron chi connectivity index (χ0n) is 14.4. The molecular formula is C18H20N2O4S. The van der Waals surface area contributed by atoms with Crippen LogP contribution in [0, 0.1) is 6.92 Å². The molecule has 3 rings (SSSR count). The van der Waals surface area contributed by atoms with Crippen LogP contribution in [0.15, 0.2) is 41.3 Å². The second-order valence-electron chi connectivity index (χ2n) is 5.99. The number of nitrogens with one attached hydrogen (secondary N) is 1. The summed E-state index contributed by atoms with van der Waals surface area (Å²) in [5.74, 6) is 0.241. The highest BCUT2D eigenvalue weighted by Crippen LogP contribution is 2.42. The van der Waals surface area contributed by atoms with E-state index in [-0.39, 0.29) is 10.8 Å². The van der Waals surface area contributed by atoms with Crippen LogP contribution < -0.4 is 14.4 Å². The molecule has 6 nitrogen and oxygen atoms in total. The molecule has 1 heterocycles. The van der Waals surface area contributed by atoms with Crippen LogP contribution in [0.5, 0.6) is 5.75 Å². The Hall–Kier alpha value is -2.54. The van der Waals surface area contributed by atoms with E-state index in [9.17, 15) is 13.2 Å². The lowest BCUT2D eigenvalue weighted by Gasteiger charge is -2.21. The molecule has 1 N–H and O–H groups in total. The molecule has 2 aromatic rings. The van der Waals surface area contributed by atoms with Crippen LogP contribution in [-0.2, 0) is 21.2 Å². The fourth-order valence-corrected chi connectivity index (χ4v) is 4.04. The molecule has 0 aliphatic carbocycles. The number of sulfonamides is 1. The summed E-state index contributed by atoms with van der Waals surface area (Å²) in [7, 11) is -2.33. The maximum absolute atomic E-state index is 12.8. The number of methoxy groups -OCH3 is 1. The van der Waals surface area contributed by atoms with E-state index in [2.05, 4.69) is 4.72 Å². The Labute approximate surface area is 147 Å². The quantitative estimate of drug-likeness (QED) is 0.910. The predicted octanol–water partition coefficient (Wildman–Crippen LogP) is 2.71. The number of rotatable bonds is 4. The molecule has 0 radical (unpaired) electrons. The summed E-state index contributed by atoms with van der Waals surface area (Å²) < 4.78 is 33.5. The second-order valence-corrected chi connectivity index (χ2v) is 7.67. The lowest BCUT2D eigenvalue weighted by Crippen LogP contribution is -2.27. The molecule has 0 spiro atoms. The summed E-state index contributed by atoms with van der Waals surface area (Å²) in [6.45, 7) is 3.88. The highest BCUT2D eigenvalue weighted by molar-refractivity contribution is 7.92. The molecule has 0 atom stereocenters. The molecule has 0 unspecified atom stereocenters. The fraction of sp³-hybridized carbons (Fsp3) is 0.278. The molecule has 0 saturated carbocycles. The molecule has 132 valence electrons. The van der Waals surface area contributed by atoms with Gasteiger partial charge >= 0.3 is 0 Å². The Morgan fingerprint density at radius 2 is 1.84 bits per heavy atom. The fourth-order valence-electron chi connectivity index (χ4n) is 2.96. The van der Waals surface area contributed by atoms with E-state index in [0.717, 1.165) is 11.1 Å². The van der Waals surface area contributed by atoms with Crippen LogP contribution >= 0.6 is 0 Å². The highest BCUT2D eigenvalue weighted by atomic mass is 32.2. The van der Waals surface area contributed by atoms with Crippen LogP contribution in [0.3, 0.4) is 0 Å². The third-order valence-electron chi connectivity index (χ3n) is 4.27. The summed E-state index contributed by atoms with van der Waals surface area (Å²) in [5, 5.41) is 0.